The SMILES string of the molecule is CC(C)(C)OOC(=O)C(=O)OOCc1ccccc1. The molecule has 6 nitrogen and oxygen atoms in total. The average molecular weight is 268 g/mol. The van der Waals surface area contributed by atoms with E-state index in [0.717, 1.165) is 5.56 Å². The van der Waals surface area contributed by atoms with E-state index in [1.807, 2.05) is 18.2 Å². The van der Waals surface area contributed by atoms with Gasteiger partial charge in [-0.2, -0.15) is 9.78 Å². The summed E-state index contributed by atoms with van der Waals surface area (Å²) in [7, 11) is 0. The van der Waals surface area contributed by atoms with Crippen molar-refractivity contribution in [2.45, 2.75) is 33.0 Å². The quantitative estimate of drug-likeness (QED) is 0.472. The summed E-state index contributed by atoms with van der Waals surface area (Å²) < 4.78 is 0. The normalized spacial score (nSPS) is 10.9. The van der Waals surface area contributed by atoms with E-state index in [0.29, 0.717) is 0 Å². The summed E-state index contributed by atoms with van der Waals surface area (Å²) in [6, 6.07) is 9.04. The zero-order valence-corrected chi connectivity index (χ0v) is 11.0. The number of carbonyl (C=O) groups is 2. The summed E-state index contributed by atoms with van der Waals surface area (Å²) in [5.74, 6) is -2.55. The van der Waals surface area contributed by atoms with Crippen LogP contribution in [0.2, 0.25) is 0 Å². The van der Waals surface area contributed by atoms with E-state index >= 15 is 0 Å². The van der Waals surface area contributed by atoms with Crippen LogP contribution in [0.3, 0.4) is 0 Å². The van der Waals surface area contributed by atoms with E-state index < -0.39 is 17.5 Å². The Morgan fingerprint density at radius 2 is 1.58 bits per heavy atom. The Hall–Kier alpha value is -1.92. The highest BCUT2D eigenvalue weighted by Gasteiger charge is 2.23. The minimum absolute atomic E-state index is 0.0417. The van der Waals surface area contributed by atoms with Crippen molar-refractivity contribution in [2.75, 3.05) is 0 Å². The maximum Gasteiger partial charge on any atom is 0.453 e. The summed E-state index contributed by atoms with van der Waals surface area (Å²) >= 11 is 0. The summed E-state index contributed by atoms with van der Waals surface area (Å²) in [6.45, 7) is 5.03. The highest BCUT2D eigenvalue weighted by Crippen LogP contribution is 2.07. The van der Waals surface area contributed by atoms with Crippen LogP contribution in [-0.4, -0.2) is 17.5 Å². The van der Waals surface area contributed by atoms with Crippen LogP contribution in [0.1, 0.15) is 26.3 Å². The lowest BCUT2D eigenvalue weighted by atomic mass is 10.2. The molecule has 19 heavy (non-hydrogen) atoms. The topological polar surface area (TPSA) is 71.1 Å². The van der Waals surface area contributed by atoms with Crippen molar-refractivity contribution in [3.8, 4) is 0 Å². The number of hydrogen-bond donors (Lipinski definition) is 0. The Morgan fingerprint density at radius 3 is 2.16 bits per heavy atom. The molecule has 1 rings (SSSR count). The molecule has 0 heterocycles. The lowest BCUT2D eigenvalue weighted by Gasteiger charge is -2.15. The Morgan fingerprint density at radius 1 is 1.00 bits per heavy atom. The van der Waals surface area contributed by atoms with E-state index in [1.54, 1.807) is 32.9 Å². The maximum absolute atomic E-state index is 11.1. The van der Waals surface area contributed by atoms with Gasteiger partial charge in [0.2, 0.25) is 0 Å². The van der Waals surface area contributed by atoms with Crippen molar-refractivity contribution in [1.82, 2.24) is 0 Å². The molecule has 0 amide bonds. The van der Waals surface area contributed by atoms with Crippen LogP contribution in [-0.2, 0) is 35.7 Å². The minimum Gasteiger partial charge on any atom is -0.285 e. The van der Waals surface area contributed by atoms with Gasteiger partial charge >= 0.3 is 11.9 Å². The van der Waals surface area contributed by atoms with E-state index in [4.69, 9.17) is 0 Å². The van der Waals surface area contributed by atoms with E-state index in [2.05, 4.69) is 19.6 Å². The van der Waals surface area contributed by atoms with Crippen LogP contribution < -0.4 is 0 Å². The molecule has 0 bridgehead atoms. The Kier molecular flexibility index (Phi) is 5.47. The molecule has 0 aliphatic heterocycles. The van der Waals surface area contributed by atoms with Crippen molar-refractivity contribution < 1.29 is 29.1 Å². The second-order valence-electron chi connectivity index (χ2n) is 4.69. The van der Waals surface area contributed by atoms with Crippen molar-refractivity contribution >= 4 is 11.9 Å². The number of benzene rings is 1. The van der Waals surface area contributed by atoms with Gasteiger partial charge < -0.3 is 0 Å². The van der Waals surface area contributed by atoms with Gasteiger partial charge in [-0.05, 0) is 26.3 Å². The van der Waals surface area contributed by atoms with Gasteiger partial charge in [-0.15, -0.1) is 0 Å². The second kappa shape index (κ2) is 6.86. The predicted octanol–water partition coefficient (Wildman–Crippen LogP) is 1.93. The maximum atomic E-state index is 11.1. The Labute approximate surface area is 111 Å². The van der Waals surface area contributed by atoms with Crippen LogP contribution in [0, 0.1) is 0 Å². The minimum atomic E-state index is -1.28. The zero-order chi connectivity index (χ0) is 14.3. The first-order chi connectivity index (χ1) is 8.88. The van der Waals surface area contributed by atoms with Gasteiger partial charge in [-0.1, -0.05) is 30.3 Å². The van der Waals surface area contributed by atoms with Crippen LogP contribution in [0.5, 0.6) is 0 Å². The summed E-state index contributed by atoms with van der Waals surface area (Å²) in [5, 5.41) is 0. The van der Waals surface area contributed by atoms with Gasteiger partial charge in [0, 0.05) is 0 Å². The lowest BCUT2D eigenvalue weighted by molar-refractivity contribution is -0.328. The number of hydrogen-bond acceptors (Lipinski definition) is 6. The first-order valence-electron chi connectivity index (χ1n) is 5.66. The molecule has 0 fully saturated rings. The molecular formula is C13H16O6. The molecular weight excluding hydrogens is 252 g/mol. The monoisotopic (exact) mass is 268 g/mol. The molecule has 6 heteroatoms. The molecule has 0 aliphatic rings. The lowest BCUT2D eigenvalue weighted by Crippen LogP contribution is -2.27. The average Bonchev–Trinajstić information content (AvgIpc) is 2.36. The fourth-order valence-electron chi connectivity index (χ4n) is 0.956. The third-order valence-corrected chi connectivity index (χ3v) is 1.74. The van der Waals surface area contributed by atoms with Crippen molar-refractivity contribution in [2.24, 2.45) is 0 Å². The molecule has 104 valence electrons. The second-order valence-corrected chi connectivity index (χ2v) is 4.69. The molecule has 1 aromatic rings. The first-order valence-corrected chi connectivity index (χ1v) is 5.66. The molecule has 0 N–H and O–H groups in total. The van der Waals surface area contributed by atoms with Gasteiger partial charge in [0.25, 0.3) is 0 Å². The van der Waals surface area contributed by atoms with Gasteiger partial charge in [-0.25, -0.2) is 9.59 Å². The van der Waals surface area contributed by atoms with E-state index in [1.165, 1.54) is 0 Å². The van der Waals surface area contributed by atoms with Gasteiger partial charge in [-0.3, -0.25) is 9.78 Å². The summed E-state index contributed by atoms with van der Waals surface area (Å²) in [6.07, 6.45) is 0. The molecule has 0 radical (unpaired) electrons. The van der Waals surface area contributed by atoms with Crippen molar-refractivity contribution in [3.63, 3.8) is 0 Å². The van der Waals surface area contributed by atoms with Crippen LogP contribution >= 0.6 is 0 Å². The highest BCUT2D eigenvalue weighted by atomic mass is 17.2. The standard InChI is InChI=1S/C13H16O6/c1-13(2,3)19-18-12(15)11(14)17-16-9-10-7-5-4-6-8-10/h4-8H,9H2,1-3H3. The highest BCUT2D eigenvalue weighted by molar-refractivity contribution is 6.29. The third-order valence-electron chi connectivity index (χ3n) is 1.74. The molecule has 1 aromatic carbocycles. The fourth-order valence-corrected chi connectivity index (χ4v) is 0.956. The fraction of sp³-hybridized carbons (Fsp3) is 0.385. The van der Waals surface area contributed by atoms with Crippen LogP contribution in [0.25, 0.3) is 0 Å². The number of carbonyl (C=O) groups excluding carboxylic acids is 2. The number of rotatable bonds is 4. The third kappa shape index (κ3) is 6.54. The van der Waals surface area contributed by atoms with Gasteiger partial charge in [0.05, 0.1) is 0 Å². The molecule has 0 unspecified atom stereocenters. The molecule has 0 aromatic heterocycles. The molecule has 0 saturated carbocycles. The van der Waals surface area contributed by atoms with Crippen LogP contribution in [0.15, 0.2) is 30.3 Å². The van der Waals surface area contributed by atoms with Crippen LogP contribution in [0.4, 0.5) is 0 Å². The predicted molar refractivity (Wildman–Crippen MR) is 64.3 cm³/mol. The molecule has 0 saturated heterocycles. The summed E-state index contributed by atoms with van der Waals surface area (Å²) in [5.41, 5.74) is 0.0931. The molecule has 0 aliphatic carbocycles. The zero-order valence-electron chi connectivity index (χ0n) is 11.0. The summed E-state index contributed by atoms with van der Waals surface area (Å²) in [4.78, 5) is 40.1. The van der Waals surface area contributed by atoms with Crippen molar-refractivity contribution in [3.05, 3.63) is 35.9 Å². The van der Waals surface area contributed by atoms with Gasteiger partial charge in [0.1, 0.15) is 12.2 Å². The van der Waals surface area contributed by atoms with Gasteiger partial charge in [0.15, 0.2) is 0 Å². The smallest absolute Gasteiger partial charge is 0.285 e. The Bertz CT molecular complexity index is 421. The van der Waals surface area contributed by atoms with Crippen molar-refractivity contribution in [1.29, 1.82) is 0 Å². The molecule has 0 atom stereocenters. The Balaban J connectivity index is 2.26. The van der Waals surface area contributed by atoms with E-state index in [9.17, 15) is 9.59 Å². The largest absolute Gasteiger partial charge is 0.453 e. The first kappa shape index (κ1) is 15.1. The molecule has 0 spiro atoms. The van der Waals surface area contributed by atoms with E-state index in [-0.39, 0.29) is 6.61 Å².